The molecule has 0 atom stereocenters. The predicted octanol–water partition coefficient (Wildman–Crippen LogP) is 13.2. The number of anilines is 3. The highest BCUT2D eigenvalue weighted by Crippen LogP contribution is 2.47. The normalized spacial score (nSPS) is 11.6. The van der Waals surface area contributed by atoms with Gasteiger partial charge < -0.3 is 9.32 Å². The molecule has 50 heavy (non-hydrogen) atoms. The highest BCUT2D eigenvalue weighted by Gasteiger charge is 2.23. The number of hydrogen-bond acceptors (Lipinski definition) is 3. The molecular formula is C47H30N2O. The molecule has 0 aliphatic rings. The fourth-order valence-electron chi connectivity index (χ4n) is 7.43. The number of pyridine rings is 1. The minimum Gasteiger partial charge on any atom is -0.456 e. The van der Waals surface area contributed by atoms with Crippen LogP contribution in [0.15, 0.2) is 187 Å². The summed E-state index contributed by atoms with van der Waals surface area (Å²) in [5.74, 6) is 0. The fourth-order valence-corrected chi connectivity index (χ4v) is 7.43. The smallest absolute Gasteiger partial charge is 0.138 e. The van der Waals surface area contributed by atoms with E-state index in [1.165, 1.54) is 38.2 Å². The first-order valence-corrected chi connectivity index (χ1v) is 16.9. The molecule has 0 N–H and O–H groups in total. The standard InChI is InChI=1S/C47H30N2O/c1-3-10-34-26-37(18-16-31(34)8-1)33-20-22-40(23-21-33)49(41-13-7-12-36(28-41)38-19-17-32-9-2-4-11-35(32)27-38)47-42-24-25-48-30-39(42)29-45-46(47)43-14-5-6-15-44(43)50-45/h1-30H. The molecule has 234 valence electrons. The first kappa shape index (κ1) is 28.3. The maximum absolute atomic E-state index is 6.51. The summed E-state index contributed by atoms with van der Waals surface area (Å²) in [7, 11) is 0. The molecule has 10 rings (SSSR count). The van der Waals surface area contributed by atoms with Gasteiger partial charge in [0, 0.05) is 39.9 Å². The third-order valence-corrected chi connectivity index (χ3v) is 9.87. The van der Waals surface area contributed by atoms with E-state index in [4.69, 9.17) is 4.42 Å². The van der Waals surface area contributed by atoms with E-state index in [-0.39, 0.29) is 0 Å². The van der Waals surface area contributed by atoms with Crippen LogP contribution in [0.1, 0.15) is 0 Å². The van der Waals surface area contributed by atoms with Crippen molar-refractivity contribution in [1.29, 1.82) is 0 Å². The van der Waals surface area contributed by atoms with E-state index in [2.05, 4.69) is 168 Å². The molecule has 0 aliphatic carbocycles. The zero-order valence-corrected chi connectivity index (χ0v) is 27.1. The first-order valence-electron chi connectivity index (χ1n) is 16.9. The molecule has 0 bridgehead atoms. The second kappa shape index (κ2) is 11.5. The van der Waals surface area contributed by atoms with Gasteiger partial charge in [-0.25, -0.2) is 0 Å². The summed E-state index contributed by atoms with van der Waals surface area (Å²) in [5, 5.41) is 9.23. The van der Waals surface area contributed by atoms with Crippen molar-refractivity contribution < 1.29 is 4.42 Å². The topological polar surface area (TPSA) is 29.3 Å². The van der Waals surface area contributed by atoms with Crippen LogP contribution in [0.3, 0.4) is 0 Å². The van der Waals surface area contributed by atoms with Gasteiger partial charge in [0.1, 0.15) is 11.2 Å². The molecule has 0 saturated heterocycles. The minimum atomic E-state index is 0.838. The summed E-state index contributed by atoms with van der Waals surface area (Å²) in [5.41, 5.74) is 9.59. The molecular weight excluding hydrogens is 609 g/mol. The van der Waals surface area contributed by atoms with Gasteiger partial charge in [-0.2, -0.15) is 0 Å². The van der Waals surface area contributed by atoms with Crippen LogP contribution in [0.4, 0.5) is 17.1 Å². The zero-order chi connectivity index (χ0) is 33.0. The van der Waals surface area contributed by atoms with E-state index in [9.17, 15) is 0 Å². The monoisotopic (exact) mass is 638 g/mol. The minimum absolute atomic E-state index is 0.838. The number of para-hydroxylation sites is 1. The molecule has 0 unspecified atom stereocenters. The molecule has 10 aromatic rings. The number of aromatic nitrogens is 1. The molecule has 3 nitrogen and oxygen atoms in total. The predicted molar refractivity (Wildman–Crippen MR) is 210 cm³/mol. The van der Waals surface area contributed by atoms with Gasteiger partial charge in [-0.05, 0) is 98.4 Å². The molecule has 0 fully saturated rings. The molecule has 3 heteroatoms. The lowest BCUT2D eigenvalue weighted by Gasteiger charge is -2.28. The largest absolute Gasteiger partial charge is 0.456 e. The van der Waals surface area contributed by atoms with Crippen LogP contribution in [-0.2, 0) is 0 Å². The second-order valence-corrected chi connectivity index (χ2v) is 12.8. The maximum Gasteiger partial charge on any atom is 0.138 e. The third kappa shape index (κ3) is 4.71. The van der Waals surface area contributed by atoms with Crippen LogP contribution in [0.25, 0.3) is 76.5 Å². The van der Waals surface area contributed by atoms with E-state index in [1.54, 1.807) is 0 Å². The van der Waals surface area contributed by atoms with Gasteiger partial charge in [-0.3, -0.25) is 4.98 Å². The van der Waals surface area contributed by atoms with Crippen LogP contribution in [0.2, 0.25) is 0 Å². The van der Waals surface area contributed by atoms with Gasteiger partial charge >= 0.3 is 0 Å². The Kier molecular flexibility index (Phi) is 6.49. The van der Waals surface area contributed by atoms with Crippen molar-refractivity contribution >= 4 is 71.3 Å². The molecule has 0 aliphatic heterocycles. The summed E-state index contributed by atoms with van der Waals surface area (Å²) in [6.45, 7) is 0. The van der Waals surface area contributed by atoms with Crippen molar-refractivity contribution in [1.82, 2.24) is 4.98 Å². The summed E-state index contributed by atoms with van der Waals surface area (Å²) >= 11 is 0. The average molecular weight is 639 g/mol. The maximum atomic E-state index is 6.51. The Bertz CT molecular complexity index is 2890. The summed E-state index contributed by atoms with van der Waals surface area (Å²) < 4.78 is 6.51. The number of hydrogen-bond donors (Lipinski definition) is 0. The molecule has 2 aromatic heterocycles. The summed E-state index contributed by atoms with van der Waals surface area (Å²) in [6.07, 6.45) is 3.81. The number of benzene rings is 8. The fraction of sp³-hybridized carbons (Fsp3) is 0. The Morgan fingerprint density at radius 2 is 1.04 bits per heavy atom. The van der Waals surface area contributed by atoms with Gasteiger partial charge in [0.2, 0.25) is 0 Å². The number of fused-ring (bicyclic) bond motifs is 6. The van der Waals surface area contributed by atoms with Gasteiger partial charge in [-0.15, -0.1) is 0 Å². The van der Waals surface area contributed by atoms with Crippen molar-refractivity contribution in [2.24, 2.45) is 0 Å². The van der Waals surface area contributed by atoms with Crippen molar-refractivity contribution in [3.8, 4) is 22.3 Å². The SMILES string of the molecule is c1cc(-c2ccc3ccccc3c2)cc(N(c2ccc(-c3ccc4ccccc4c3)cc2)c2c3ccncc3cc3oc4ccccc4c23)c1. The van der Waals surface area contributed by atoms with Crippen LogP contribution in [-0.4, -0.2) is 4.98 Å². The molecule has 2 heterocycles. The Balaban J connectivity index is 1.21. The van der Waals surface area contributed by atoms with Gasteiger partial charge in [0.15, 0.2) is 0 Å². The Morgan fingerprint density at radius 1 is 0.400 bits per heavy atom. The van der Waals surface area contributed by atoms with Gasteiger partial charge in [-0.1, -0.05) is 115 Å². The molecule has 0 saturated carbocycles. The van der Waals surface area contributed by atoms with E-state index in [1.807, 2.05) is 24.5 Å². The van der Waals surface area contributed by atoms with Crippen LogP contribution >= 0.6 is 0 Å². The third-order valence-electron chi connectivity index (χ3n) is 9.87. The Labute approximate surface area is 289 Å². The summed E-state index contributed by atoms with van der Waals surface area (Å²) in [6, 6.07) is 60.8. The molecule has 0 radical (unpaired) electrons. The zero-order valence-electron chi connectivity index (χ0n) is 27.1. The van der Waals surface area contributed by atoms with E-state index in [0.29, 0.717) is 0 Å². The lowest BCUT2D eigenvalue weighted by Crippen LogP contribution is -2.11. The highest BCUT2D eigenvalue weighted by molar-refractivity contribution is 6.21. The van der Waals surface area contributed by atoms with E-state index in [0.717, 1.165) is 55.3 Å². The molecule has 8 aromatic carbocycles. The lowest BCUT2D eigenvalue weighted by atomic mass is 9.98. The average Bonchev–Trinajstić information content (AvgIpc) is 3.56. The van der Waals surface area contributed by atoms with E-state index >= 15 is 0 Å². The quantitative estimate of drug-likeness (QED) is 0.188. The summed E-state index contributed by atoms with van der Waals surface area (Å²) in [4.78, 5) is 6.89. The van der Waals surface area contributed by atoms with Crippen LogP contribution < -0.4 is 4.90 Å². The first-order chi connectivity index (χ1) is 24.8. The number of furan rings is 1. The number of rotatable bonds is 5. The van der Waals surface area contributed by atoms with Crippen molar-refractivity contribution in [2.45, 2.75) is 0 Å². The molecule has 0 spiro atoms. The lowest BCUT2D eigenvalue weighted by molar-refractivity contribution is 0.669. The van der Waals surface area contributed by atoms with Crippen molar-refractivity contribution in [2.75, 3.05) is 4.90 Å². The Morgan fingerprint density at radius 3 is 1.80 bits per heavy atom. The Hall–Kier alpha value is -6.71. The van der Waals surface area contributed by atoms with E-state index < -0.39 is 0 Å². The second-order valence-electron chi connectivity index (χ2n) is 12.8. The van der Waals surface area contributed by atoms with Gasteiger partial charge in [0.05, 0.1) is 11.1 Å². The molecule has 0 amide bonds. The van der Waals surface area contributed by atoms with Crippen molar-refractivity contribution in [3.63, 3.8) is 0 Å². The number of nitrogens with zero attached hydrogens (tertiary/aromatic N) is 2. The van der Waals surface area contributed by atoms with Crippen LogP contribution in [0.5, 0.6) is 0 Å². The van der Waals surface area contributed by atoms with Crippen molar-refractivity contribution in [3.05, 3.63) is 182 Å². The van der Waals surface area contributed by atoms with Crippen LogP contribution in [0, 0.1) is 0 Å². The van der Waals surface area contributed by atoms with Gasteiger partial charge in [0.25, 0.3) is 0 Å². The highest BCUT2D eigenvalue weighted by atomic mass is 16.3.